The van der Waals surface area contributed by atoms with E-state index in [1.165, 1.54) is 12.1 Å². The standard InChI is InChI=1S/C9H6F4O3S/c1-6(7-4-2-3-5-8(7)10)16-17(14,15)9(11,12)13/h2-5H,1H2. The van der Waals surface area contributed by atoms with Gasteiger partial charge in [0.15, 0.2) is 0 Å². The monoisotopic (exact) mass is 270 g/mol. The molecule has 0 amide bonds. The van der Waals surface area contributed by atoms with E-state index in [1.807, 2.05) is 0 Å². The maximum absolute atomic E-state index is 13.1. The molecular formula is C9H6F4O3S. The Kier molecular flexibility index (Phi) is 3.46. The van der Waals surface area contributed by atoms with Gasteiger partial charge in [-0.1, -0.05) is 18.7 Å². The second kappa shape index (κ2) is 4.36. The van der Waals surface area contributed by atoms with Crippen LogP contribution in [0.5, 0.6) is 0 Å². The minimum atomic E-state index is -5.83. The van der Waals surface area contributed by atoms with Crippen LogP contribution in [-0.2, 0) is 14.3 Å². The predicted molar refractivity (Wildman–Crippen MR) is 51.5 cm³/mol. The molecule has 8 heteroatoms. The van der Waals surface area contributed by atoms with E-state index in [1.54, 1.807) is 0 Å². The summed E-state index contributed by atoms with van der Waals surface area (Å²) in [5.41, 5.74) is -6.04. The van der Waals surface area contributed by atoms with Crippen molar-refractivity contribution < 1.29 is 30.2 Å². The fraction of sp³-hybridized carbons (Fsp3) is 0.111. The summed E-state index contributed by atoms with van der Waals surface area (Å²) >= 11 is 0. The van der Waals surface area contributed by atoms with Gasteiger partial charge in [-0.05, 0) is 12.1 Å². The number of hydrogen-bond donors (Lipinski definition) is 0. The molecule has 0 bridgehead atoms. The molecule has 0 saturated carbocycles. The topological polar surface area (TPSA) is 43.4 Å². The quantitative estimate of drug-likeness (QED) is 0.367. The second-order valence-electron chi connectivity index (χ2n) is 2.89. The zero-order valence-corrected chi connectivity index (χ0v) is 8.98. The molecule has 94 valence electrons. The summed E-state index contributed by atoms with van der Waals surface area (Å²) in [5, 5.41) is 0. The Morgan fingerprint density at radius 3 is 2.24 bits per heavy atom. The average Bonchev–Trinajstić information content (AvgIpc) is 2.15. The van der Waals surface area contributed by atoms with E-state index in [4.69, 9.17) is 0 Å². The minimum Gasteiger partial charge on any atom is -0.376 e. The molecule has 3 nitrogen and oxygen atoms in total. The van der Waals surface area contributed by atoms with Crippen molar-refractivity contribution >= 4 is 15.9 Å². The van der Waals surface area contributed by atoms with E-state index in [2.05, 4.69) is 10.8 Å². The molecule has 1 aromatic rings. The van der Waals surface area contributed by atoms with Crippen LogP contribution in [0.3, 0.4) is 0 Å². The van der Waals surface area contributed by atoms with Crippen molar-refractivity contribution in [2.45, 2.75) is 5.51 Å². The maximum atomic E-state index is 13.1. The summed E-state index contributed by atoms with van der Waals surface area (Å²) < 4.78 is 73.9. The molecule has 0 N–H and O–H groups in total. The first-order chi connectivity index (χ1) is 7.65. The van der Waals surface area contributed by atoms with E-state index in [-0.39, 0.29) is 0 Å². The minimum absolute atomic E-state index is 0.458. The highest BCUT2D eigenvalue weighted by Gasteiger charge is 2.48. The Morgan fingerprint density at radius 2 is 1.76 bits per heavy atom. The number of rotatable bonds is 3. The Labute approximate surface area is 94.4 Å². The molecule has 0 atom stereocenters. The molecule has 0 aliphatic carbocycles. The summed E-state index contributed by atoms with van der Waals surface area (Å²) in [5.74, 6) is -1.87. The lowest BCUT2D eigenvalue weighted by Gasteiger charge is -2.11. The molecule has 0 heterocycles. The van der Waals surface area contributed by atoms with Gasteiger partial charge in [0.1, 0.15) is 11.6 Å². The molecule has 1 aromatic carbocycles. The lowest BCUT2D eigenvalue weighted by Crippen LogP contribution is -2.25. The lowest BCUT2D eigenvalue weighted by atomic mass is 10.2. The Hall–Kier alpha value is -1.57. The van der Waals surface area contributed by atoms with Gasteiger partial charge in [0.2, 0.25) is 0 Å². The smallest absolute Gasteiger partial charge is 0.376 e. The first-order valence-corrected chi connectivity index (χ1v) is 5.50. The third-order valence-corrected chi connectivity index (χ3v) is 2.66. The van der Waals surface area contributed by atoms with Crippen molar-refractivity contribution in [2.24, 2.45) is 0 Å². The first kappa shape index (κ1) is 13.5. The molecule has 0 radical (unpaired) electrons. The van der Waals surface area contributed by atoms with Gasteiger partial charge in [-0.15, -0.1) is 0 Å². The molecule has 0 aliphatic heterocycles. The molecule has 17 heavy (non-hydrogen) atoms. The van der Waals surface area contributed by atoms with Crippen LogP contribution in [-0.4, -0.2) is 13.9 Å². The summed E-state index contributed by atoms with van der Waals surface area (Å²) in [7, 11) is -5.83. The number of hydrogen-bond acceptors (Lipinski definition) is 3. The van der Waals surface area contributed by atoms with Gasteiger partial charge in [-0.3, -0.25) is 0 Å². The molecule has 1 rings (SSSR count). The second-order valence-corrected chi connectivity index (χ2v) is 4.42. The summed E-state index contributed by atoms with van der Waals surface area (Å²) in [4.78, 5) is 0. The molecule has 0 unspecified atom stereocenters. The van der Waals surface area contributed by atoms with Crippen LogP contribution in [0.1, 0.15) is 5.56 Å². The summed E-state index contributed by atoms with van der Waals surface area (Å²) in [6.45, 7) is 2.94. The maximum Gasteiger partial charge on any atom is 0.534 e. The van der Waals surface area contributed by atoms with Crippen LogP contribution in [0.4, 0.5) is 17.6 Å². The average molecular weight is 270 g/mol. The number of halogens is 4. The van der Waals surface area contributed by atoms with Crippen LogP contribution >= 0.6 is 0 Å². The molecular weight excluding hydrogens is 264 g/mol. The normalized spacial score (nSPS) is 12.2. The highest BCUT2D eigenvalue weighted by atomic mass is 32.2. The third-order valence-electron chi connectivity index (χ3n) is 1.67. The predicted octanol–water partition coefficient (Wildman–Crippen LogP) is 2.66. The van der Waals surface area contributed by atoms with Crippen molar-refractivity contribution in [3.8, 4) is 0 Å². The van der Waals surface area contributed by atoms with Gasteiger partial charge in [-0.2, -0.15) is 21.6 Å². The van der Waals surface area contributed by atoms with Crippen molar-refractivity contribution in [3.63, 3.8) is 0 Å². The first-order valence-electron chi connectivity index (χ1n) is 4.10. The van der Waals surface area contributed by atoms with Gasteiger partial charge in [0.25, 0.3) is 0 Å². The zero-order valence-electron chi connectivity index (χ0n) is 8.16. The lowest BCUT2D eigenvalue weighted by molar-refractivity contribution is -0.0509. The molecule has 0 aromatic heterocycles. The van der Waals surface area contributed by atoms with Gasteiger partial charge < -0.3 is 4.18 Å². The molecule has 0 fully saturated rings. The van der Waals surface area contributed by atoms with E-state index in [0.717, 1.165) is 12.1 Å². The van der Waals surface area contributed by atoms with Crippen molar-refractivity contribution in [2.75, 3.05) is 0 Å². The van der Waals surface area contributed by atoms with Crippen LogP contribution in [0.25, 0.3) is 5.76 Å². The van der Waals surface area contributed by atoms with Gasteiger partial charge in [0, 0.05) is 0 Å². The number of alkyl halides is 3. The molecule has 0 aliphatic rings. The van der Waals surface area contributed by atoms with Crippen LogP contribution in [0, 0.1) is 5.82 Å². The van der Waals surface area contributed by atoms with Crippen molar-refractivity contribution in [3.05, 3.63) is 42.2 Å². The fourth-order valence-electron chi connectivity index (χ4n) is 0.912. The number of benzene rings is 1. The fourth-order valence-corrected chi connectivity index (χ4v) is 1.36. The highest BCUT2D eigenvalue weighted by molar-refractivity contribution is 7.87. The van der Waals surface area contributed by atoms with Crippen LogP contribution in [0.15, 0.2) is 30.8 Å². The largest absolute Gasteiger partial charge is 0.534 e. The van der Waals surface area contributed by atoms with Gasteiger partial charge in [-0.25, -0.2) is 4.39 Å². The van der Waals surface area contributed by atoms with Crippen molar-refractivity contribution in [1.82, 2.24) is 0 Å². The third kappa shape index (κ3) is 2.96. The van der Waals surface area contributed by atoms with Gasteiger partial charge >= 0.3 is 15.6 Å². The molecule has 0 spiro atoms. The molecule has 0 saturated heterocycles. The van der Waals surface area contributed by atoms with Crippen molar-refractivity contribution in [1.29, 1.82) is 0 Å². The van der Waals surface area contributed by atoms with E-state index in [0.29, 0.717) is 0 Å². The Bertz CT molecular complexity index is 533. The summed E-state index contributed by atoms with van der Waals surface area (Å²) in [6.07, 6.45) is 0. The van der Waals surface area contributed by atoms with Crippen LogP contribution < -0.4 is 0 Å². The Balaban J connectivity index is 3.00. The Morgan fingerprint density at radius 1 is 1.24 bits per heavy atom. The van der Waals surface area contributed by atoms with E-state index < -0.39 is 32.8 Å². The van der Waals surface area contributed by atoms with E-state index in [9.17, 15) is 26.0 Å². The van der Waals surface area contributed by atoms with Gasteiger partial charge in [0.05, 0.1) is 5.56 Å². The highest BCUT2D eigenvalue weighted by Crippen LogP contribution is 2.29. The van der Waals surface area contributed by atoms with Crippen LogP contribution in [0.2, 0.25) is 0 Å². The zero-order chi connectivity index (χ0) is 13.3. The van der Waals surface area contributed by atoms with E-state index >= 15 is 0 Å². The summed E-state index contributed by atoms with van der Waals surface area (Å²) in [6, 6.07) is 4.56. The SMILES string of the molecule is C=C(OS(=O)(=O)C(F)(F)F)c1ccccc1F.